The zero-order chi connectivity index (χ0) is 19.2. The van der Waals surface area contributed by atoms with Crippen molar-refractivity contribution in [2.45, 2.75) is 38.0 Å². The molecular weight excluding hydrogens is 362 g/mol. The van der Waals surface area contributed by atoms with Crippen molar-refractivity contribution in [1.29, 1.82) is 0 Å². The topological polar surface area (TPSA) is 78.5 Å². The van der Waals surface area contributed by atoms with Crippen LogP contribution in [-0.2, 0) is 21.2 Å². The van der Waals surface area contributed by atoms with Gasteiger partial charge in [0.15, 0.2) is 0 Å². The molecule has 0 bridgehead atoms. The van der Waals surface area contributed by atoms with Gasteiger partial charge in [-0.15, -0.1) is 0 Å². The van der Waals surface area contributed by atoms with Crippen LogP contribution in [0.25, 0.3) is 0 Å². The van der Waals surface area contributed by atoms with Crippen LogP contribution in [0.15, 0.2) is 35.2 Å². The highest BCUT2D eigenvalue weighted by Gasteiger charge is 2.28. The molecule has 2 aliphatic rings. The first kappa shape index (κ1) is 17.9. The molecule has 1 fully saturated rings. The second-order valence-corrected chi connectivity index (χ2v) is 8.92. The van der Waals surface area contributed by atoms with Crippen molar-refractivity contribution in [3.63, 3.8) is 0 Å². The highest BCUT2D eigenvalue weighted by atomic mass is 32.2. The Morgan fingerprint density at radius 3 is 2.48 bits per heavy atom. The lowest BCUT2D eigenvalue weighted by Crippen LogP contribution is -2.38. The van der Waals surface area contributed by atoms with Crippen LogP contribution < -0.4 is 14.9 Å². The van der Waals surface area contributed by atoms with E-state index in [1.54, 1.807) is 18.2 Å². The van der Waals surface area contributed by atoms with Crippen LogP contribution in [0, 0.1) is 13.8 Å². The molecule has 0 spiro atoms. The molecule has 2 heterocycles. The summed E-state index contributed by atoms with van der Waals surface area (Å²) in [6, 6.07) is 9.05. The van der Waals surface area contributed by atoms with E-state index >= 15 is 0 Å². The van der Waals surface area contributed by atoms with Gasteiger partial charge in [-0.1, -0.05) is 6.07 Å². The van der Waals surface area contributed by atoms with Gasteiger partial charge in [0.2, 0.25) is 5.91 Å². The molecule has 2 aliphatic heterocycles. The number of sulfonamides is 1. The molecule has 0 aromatic heterocycles. The molecule has 0 unspecified atom stereocenters. The van der Waals surface area contributed by atoms with Gasteiger partial charge in [-0.2, -0.15) is 0 Å². The third-order valence-corrected chi connectivity index (χ3v) is 6.74. The van der Waals surface area contributed by atoms with Crippen LogP contribution in [-0.4, -0.2) is 27.4 Å². The molecule has 27 heavy (non-hydrogen) atoms. The molecule has 1 amide bonds. The predicted molar refractivity (Wildman–Crippen MR) is 107 cm³/mol. The highest BCUT2D eigenvalue weighted by Crippen LogP contribution is 2.37. The van der Waals surface area contributed by atoms with E-state index in [-0.39, 0.29) is 10.8 Å². The average molecular weight is 385 g/mol. The lowest BCUT2D eigenvalue weighted by Gasteiger charge is -2.35. The number of carbonyl (C=O) groups excluding carboxylic acids is 1. The molecule has 2 aromatic rings. The van der Waals surface area contributed by atoms with Crippen molar-refractivity contribution in [1.82, 2.24) is 0 Å². The summed E-state index contributed by atoms with van der Waals surface area (Å²) in [5.74, 6) is -0.0269. The zero-order valence-electron chi connectivity index (χ0n) is 15.5. The SMILES string of the molecule is Cc1ccc(NS(=O)(=O)c2cc3c(cc2N2CCC2)NC(=O)CC3)cc1C. The van der Waals surface area contributed by atoms with E-state index in [1.807, 2.05) is 30.9 Å². The van der Waals surface area contributed by atoms with Crippen LogP contribution in [0.1, 0.15) is 29.5 Å². The Morgan fingerprint density at radius 2 is 1.81 bits per heavy atom. The summed E-state index contributed by atoms with van der Waals surface area (Å²) in [5, 5.41) is 2.86. The van der Waals surface area contributed by atoms with Gasteiger partial charge in [0.05, 0.1) is 5.69 Å². The summed E-state index contributed by atoms with van der Waals surface area (Å²) in [6.45, 7) is 5.59. The van der Waals surface area contributed by atoms with Crippen LogP contribution in [0.5, 0.6) is 0 Å². The van der Waals surface area contributed by atoms with E-state index in [9.17, 15) is 13.2 Å². The maximum atomic E-state index is 13.2. The van der Waals surface area contributed by atoms with Gasteiger partial charge in [0, 0.05) is 30.9 Å². The fourth-order valence-electron chi connectivity index (χ4n) is 3.43. The molecule has 0 radical (unpaired) electrons. The third-order valence-electron chi connectivity index (χ3n) is 5.33. The lowest BCUT2D eigenvalue weighted by molar-refractivity contribution is -0.116. The van der Waals surface area contributed by atoms with Gasteiger partial charge in [-0.25, -0.2) is 8.42 Å². The van der Waals surface area contributed by atoms with E-state index < -0.39 is 10.0 Å². The lowest BCUT2D eigenvalue weighted by atomic mass is 10.0. The molecule has 7 heteroatoms. The number of hydrogen-bond donors (Lipinski definition) is 2. The number of anilines is 3. The Hall–Kier alpha value is -2.54. The summed E-state index contributed by atoms with van der Waals surface area (Å²) < 4.78 is 29.1. The van der Waals surface area contributed by atoms with Gasteiger partial charge in [0.1, 0.15) is 4.90 Å². The Morgan fingerprint density at radius 1 is 1.04 bits per heavy atom. The number of aryl methyl sites for hydroxylation is 3. The first-order chi connectivity index (χ1) is 12.8. The third kappa shape index (κ3) is 3.39. The van der Waals surface area contributed by atoms with Crippen LogP contribution in [0.3, 0.4) is 0 Å². The number of fused-ring (bicyclic) bond motifs is 1. The van der Waals surface area contributed by atoms with Crippen molar-refractivity contribution >= 4 is 33.0 Å². The minimum atomic E-state index is -3.75. The van der Waals surface area contributed by atoms with Crippen molar-refractivity contribution in [2.24, 2.45) is 0 Å². The van der Waals surface area contributed by atoms with Gasteiger partial charge < -0.3 is 10.2 Å². The molecule has 4 rings (SSSR count). The molecule has 142 valence electrons. The number of rotatable bonds is 4. The molecule has 0 atom stereocenters. The summed E-state index contributed by atoms with van der Waals surface area (Å²) in [6.07, 6.45) is 1.96. The summed E-state index contributed by atoms with van der Waals surface area (Å²) in [5.41, 5.74) is 4.94. The Bertz CT molecular complexity index is 1030. The van der Waals surface area contributed by atoms with Gasteiger partial charge in [-0.05, 0) is 67.6 Å². The first-order valence-corrected chi connectivity index (χ1v) is 10.6. The second-order valence-electron chi connectivity index (χ2n) is 7.27. The van der Waals surface area contributed by atoms with E-state index in [2.05, 4.69) is 10.0 Å². The summed E-state index contributed by atoms with van der Waals surface area (Å²) in [7, 11) is -3.75. The molecule has 6 nitrogen and oxygen atoms in total. The first-order valence-electron chi connectivity index (χ1n) is 9.15. The highest BCUT2D eigenvalue weighted by molar-refractivity contribution is 7.92. The van der Waals surface area contributed by atoms with Crippen molar-refractivity contribution < 1.29 is 13.2 Å². The molecular formula is C20H23N3O3S. The number of amides is 1. The minimum Gasteiger partial charge on any atom is -0.370 e. The Labute approximate surface area is 159 Å². The maximum absolute atomic E-state index is 13.2. The molecule has 1 saturated heterocycles. The van der Waals surface area contributed by atoms with E-state index in [1.165, 1.54) is 0 Å². The monoisotopic (exact) mass is 385 g/mol. The maximum Gasteiger partial charge on any atom is 0.263 e. The Balaban J connectivity index is 1.76. The molecule has 0 aliphatic carbocycles. The quantitative estimate of drug-likeness (QED) is 0.847. The van der Waals surface area contributed by atoms with E-state index in [4.69, 9.17) is 0 Å². The largest absolute Gasteiger partial charge is 0.370 e. The summed E-state index contributed by atoms with van der Waals surface area (Å²) >= 11 is 0. The normalized spacial score (nSPS) is 16.4. The fourth-order valence-corrected chi connectivity index (χ4v) is 4.74. The van der Waals surface area contributed by atoms with Gasteiger partial charge >= 0.3 is 0 Å². The van der Waals surface area contributed by atoms with Crippen molar-refractivity contribution in [3.05, 3.63) is 47.0 Å². The van der Waals surface area contributed by atoms with E-state index in [0.29, 0.717) is 24.2 Å². The molecule has 2 aromatic carbocycles. The van der Waals surface area contributed by atoms with Gasteiger partial charge in [0.25, 0.3) is 10.0 Å². The number of nitrogens with one attached hydrogen (secondary N) is 2. The molecule has 0 saturated carbocycles. The average Bonchev–Trinajstić information content (AvgIpc) is 2.55. The fraction of sp³-hybridized carbons (Fsp3) is 0.350. The van der Waals surface area contributed by atoms with E-state index in [0.717, 1.165) is 41.9 Å². The number of carbonyl (C=O) groups is 1. The summed E-state index contributed by atoms with van der Waals surface area (Å²) in [4.78, 5) is 14.0. The van der Waals surface area contributed by atoms with Gasteiger partial charge in [-0.3, -0.25) is 9.52 Å². The number of benzene rings is 2. The Kier molecular flexibility index (Phi) is 4.34. The second kappa shape index (κ2) is 6.56. The number of hydrogen-bond acceptors (Lipinski definition) is 4. The molecule has 2 N–H and O–H groups in total. The smallest absolute Gasteiger partial charge is 0.263 e. The van der Waals surface area contributed by atoms with Crippen molar-refractivity contribution in [2.75, 3.05) is 28.0 Å². The van der Waals surface area contributed by atoms with Crippen molar-refractivity contribution in [3.8, 4) is 0 Å². The standard InChI is InChI=1S/C20H23N3O3S/c1-13-4-6-16(10-14(13)2)22-27(25,26)19-11-15-5-7-20(24)21-17(15)12-18(19)23-8-3-9-23/h4,6,10-12,22H,3,5,7-9H2,1-2H3,(H,21,24). The van der Waals surface area contributed by atoms with Crippen LogP contribution in [0.2, 0.25) is 0 Å². The van der Waals surface area contributed by atoms with Crippen LogP contribution >= 0.6 is 0 Å². The van der Waals surface area contributed by atoms with Crippen LogP contribution in [0.4, 0.5) is 17.1 Å². The zero-order valence-corrected chi connectivity index (χ0v) is 16.3. The minimum absolute atomic E-state index is 0.0269. The predicted octanol–water partition coefficient (Wildman–Crippen LogP) is 3.20. The number of nitrogens with zero attached hydrogens (tertiary/aromatic N) is 1.